The van der Waals surface area contributed by atoms with E-state index in [1.807, 2.05) is 0 Å². The third-order valence-corrected chi connectivity index (χ3v) is 4.26. The number of halogens is 3. The van der Waals surface area contributed by atoms with Gasteiger partial charge in [-0.1, -0.05) is 0 Å². The molecule has 1 fully saturated rings. The van der Waals surface area contributed by atoms with Crippen molar-refractivity contribution in [2.75, 3.05) is 19.8 Å². The summed E-state index contributed by atoms with van der Waals surface area (Å²) in [4.78, 5) is 14.2. The van der Waals surface area contributed by atoms with E-state index in [-0.39, 0.29) is 31.4 Å². The highest BCUT2D eigenvalue weighted by atomic mass is 19.2. The molecular formula is C19H26F3NO4. The number of nitrogens with zero attached hydrogens (tertiary/aromatic N) is 1. The molecule has 0 saturated carbocycles. The van der Waals surface area contributed by atoms with Crippen molar-refractivity contribution < 1.29 is 32.5 Å². The van der Waals surface area contributed by atoms with E-state index in [1.54, 1.807) is 20.8 Å². The van der Waals surface area contributed by atoms with Crippen molar-refractivity contribution in [3.63, 3.8) is 0 Å². The fourth-order valence-corrected chi connectivity index (χ4v) is 3.06. The van der Waals surface area contributed by atoms with Crippen LogP contribution in [0, 0.1) is 17.5 Å². The lowest BCUT2D eigenvalue weighted by molar-refractivity contribution is -0.0644. The summed E-state index contributed by atoms with van der Waals surface area (Å²) in [6.45, 7) is 5.44. The second-order valence-corrected chi connectivity index (χ2v) is 7.61. The lowest BCUT2D eigenvalue weighted by atomic mass is 9.99. The Morgan fingerprint density at radius 2 is 1.85 bits per heavy atom. The maximum absolute atomic E-state index is 13.7. The van der Waals surface area contributed by atoms with E-state index in [9.17, 15) is 18.0 Å². The first kappa shape index (κ1) is 21.5. The minimum atomic E-state index is -1.56. The van der Waals surface area contributed by atoms with E-state index in [2.05, 4.69) is 0 Å². The second kappa shape index (κ2) is 8.93. The number of morpholine rings is 1. The molecule has 2 rings (SSSR count). The van der Waals surface area contributed by atoms with Crippen LogP contribution in [0.3, 0.4) is 0 Å². The van der Waals surface area contributed by atoms with Gasteiger partial charge >= 0.3 is 6.09 Å². The van der Waals surface area contributed by atoms with Crippen molar-refractivity contribution in [1.82, 2.24) is 4.90 Å². The molecule has 0 aliphatic carbocycles. The number of aliphatic hydroxyl groups excluding tert-OH is 1. The highest BCUT2D eigenvalue weighted by Gasteiger charge is 2.38. The average Bonchev–Trinajstić information content (AvgIpc) is 2.57. The highest BCUT2D eigenvalue weighted by molar-refractivity contribution is 5.69. The van der Waals surface area contributed by atoms with Gasteiger partial charge in [-0.05, 0) is 57.7 Å². The van der Waals surface area contributed by atoms with E-state index in [1.165, 1.54) is 4.90 Å². The molecule has 2 atom stereocenters. The molecule has 1 saturated heterocycles. The van der Waals surface area contributed by atoms with Gasteiger partial charge in [0.25, 0.3) is 0 Å². The van der Waals surface area contributed by atoms with Crippen LogP contribution < -0.4 is 0 Å². The van der Waals surface area contributed by atoms with Crippen LogP contribution in [0.4, 0.5) is 18.0 Å². The minimum absolute atomic E-state index is 0.0141. The number of aliphatic hydroxyl groups is 1. The van der Waals surface area contributed by atoms with Crippen molar-refractivity contribution in [2.45, 2.75) is 57.7 Å². The van der Waals surface area contributed by atoms with Crippen LogP contribution >= 0.6 is 0 Å². The Morgan fingerprint density at radius 3 is 2.41 bits per heavy atom. The number of carbonyl (C=O) groups excluding carboxylic acids is 1. The third-order valence-electron chi connectivity index (χ3n) is 4.26. The molecule has 0 bridgehead atoms. The second-order valence-electron chi connectivity index (χ2n) is 7.61. The molecule has 0 radical (unpaired) electrons. The molecule has 1 heterocycles. The maximum atomic E-state index is 13.7. The Kier molecular flexibility index (Phi) is 7.11. The average molecular weight is 389 g/mol. The van der Waals surface area contributed by atoms with Gasteiger partial charge in [-0.25, -0.2) is 18.0 Å². The van der Waals surface area contributed by atoms with Gasteiger partial charge in [0.15, 0.2) is 17.5 Å². The Morgan fingerprint density at radius 1 is 1.22 bits per heavy atom. The van der Waals surface area contributed by atoms with E-state index >= 15 is 0 Å². The zero-order valence-corrected chi connectivity index (χ0v) is 15.8. The number of benzene rings is 1. The van der Waals surface area contributed by atoms with E-state index in [4.69, 9.17) is 14.6 Å². The molecule has 1 aliphatic rings. The van der Waals surface area contributed by atoms with Crippen molar-refractivity contribution in [2.24, 2.45) is 0 Å². The minimum Gasteiger partial charge on any atom is -0.444 e. The lowest BCUT2D eigenvalue weighted by Gasteiger charge is -2.42. The summed E-state index contributed by atoms with van der Waals surface area (Å²) in [7, 11) is 0. The molecule has 152 valence electrons. The summed E-state index contributed by atoms with van der Waals surface area (Å²) < 4.78 is 51.8. The topological polar surface area (TPSA) is 59.0 Å². The molecule has 0 aromatic heterocycles. The molecule has 2 unspecified atom stereocenters. The molecule has 8 heteroatoms. The Labute approximate surface area is 157 Å². The largest absolute Gasteiger partial charge is 0.444 e. The molecule has 1 aliphatic heterocycles. The summed E-state index contributed by atoms with van der Waals surface area (Å²) in [5.74, 6) is -4.20. The quantitative estimate of drug-likeness (QED) is 0.612. The first-order chi connectivity index (χ1) is 12.6. The lowest BCUT2D eigenvalue weighted by Crippen LogP contribution is -2.52. The molecule has 1 N–H and O–H groups in total. The maximum Gasteiger partial charge on any atom is 0.411 e. The Balaban J connectivity index is 2.35. The summed E-state index contributed by atoms with van der Waals surface area (Å²) >= 11 is 0. The normalized spacial score (nSPS) is 20.6. The Bertz CT molecular complexity index is 640. The summed E-state index contributed by atoms with van der Waals surface area (Å²) in [6.07, 6.45) is 1.10. The van der Waals surface area contributed by atoms with Crippen LogP contribution in [0.2, 0.25) is 0 Å². The van der Waals surface area contributed by atoms with Gasteiger partial charge in [-0.2, -0.15) is 0 Å². The van der Waals surface area contributed by atoms with Gasteiger partial charge in [0.1, 0.15) is 5.60 Å². The van der Waals surface area contributed by atoms with Crippen molar-refractivity contribution in [3.8, 4) is 0 Å². The Hall–Kier alpha value is -1.80. The third kappa shape index (κ3) is 5.59. The highest BCUT2D eigenvalue weighted by Crippen LogP contribution is 2.32. The standard InChI is InChI=1S/C19H26F3NO4/c1-19(2,3)27-18(25)23-13(6-4-5-7-24)10-26-11-16(23)12-8-14(20)17(22)15(21)9-12/h8-9,13,16,24H,4-7,10-11H2,1-3H3. The van der Waals surface area contributed by atoms with E-state index in [0.717, 1.165) is 12.1 Å². The summed E-state index contributed by atoms with van der Waals surface area (Å²) in [5.41, 5.74) is -0.654. The molecule has 0 spiro atoms. The first-order valence-corrected chi connectivity index (χ1v) is 8.98. The monoisotopic (exact) mass is 389 g/mol. The van der Waals surface area contributed by atoms with Crippen LogP contribution in [-0.2, 0) is 9.47 Å². The SMILES string of the molecule is CC(C)(C)OC(=O)N1C(CCCCO)COCC1c1cc(F)c(F)c(F)c1. The molecule has 1 aromatic carbocycles. The van der Waals surface area contributed by atoms with Crippen molar-refractivity contribution in [1.29, 1.82) is 0 Å². The number of ether oxygens (including phenoxy) is 2. The molecule has 5 nitrogen and oxygen atoms in total. The van der Waals surface area contributed by atoms with Gasteiger partial charge in [-0.3, -0.25) is 4.90 Å². The zero-order chi connectivity index (χ0) is 20.2. The van der Waals surface area contributed by atoms with Crippen LogP contribution in [-0.4, -0.2) is 47.6 Å². The van der Waals surface area contributed by atoms with Gasteiger partial charge < -0.3 is 14.6 Å². The van der Waals surface area contributed by atoms with Crippen molar-refractivity contribution in [3.05, 3.63) is 35.1 Å². The number of amides is 1. The smallest absolute Gasteiger partial charge is 0.411 e. The van der Waals surface area contributed by atoms with Crippen LogP contribution in [0.25, 0.3) is 0 Å². The predicted octanol–water partition coefficient (Wildman–Crippen LogP) is 3.94. The summed E-state index contributed by atoms with van der Waals surface area (Å²) in [5, 5.41) is 8.99. The number of carbonyl (C=O) groups is 1. The van der Waals surface area contributed by atoms with Gasteiger partial charge in [0.05, 0.1) is 25.3 Å². The van der Waals surface area contributed by atoms with E-state index < -0.39 is 35.2 Å². The fourth-order valence-electron chi connectivity index (χ4n) is 3.06. The molecule has 1 amide bonds. The molecule has 1 aromatic rings. The molecule has 27 heavy (non-hydrogen) atoms. The van der Waals surface area contributed by atoms with Crippen LogP contribution in [0.15, 0.2) is 12.1 Å². The van der Waals surface area contributed by atoms with Gasteiger partial charge in [0.2, 0.25) is 0 Å². The number of unbranched alkanes of at least 4 members (excludes halogenated alkanes) is 1. The molecular weight excluding hydrogens is 363 g/mol. The van der Waals surface area contributed by atoms with Crippen LogP contribution in [0.1, 0.15) is 51.6 Å². The number of hydrogen-bond acceptors (Lipinski definition) is 4. The first-order valence-electron chi connectivity index (χ1n) is 8.98. The van der Waals surface area contributed by atoms with Crippen LogP contribution in [0.5, 0.6) is 0 Å². The number of hydrogen-bond donors (Lipinski definition) is 1. The predicted molar refractivity (Wildman–Crippen MR) is 92.7 cm³/mol. The van der Waals surface area contributed by atoms with E-state index in [0.29, 0.717) is 19.3 Å². The summed E-state index contributed by atoms with van der Waals surface area (Å²) in [6, 6.07) is 0.554. The van der Waals surface area contributed by atoms with Gasteiger partial charge in [0, 0.05) is 6.61 Å². The van der Waals surface area contributed by atoms with Crippen molar-refractivity contribution >= 4 is 6.09 Å². The van der Waals surface area contributed by atoms with Gasteiger partial charge in [-0.15, -0.1) is 0 Å². The fraction of sp³-hybridized carbons (Fsp3) is 0.632. The zero-order valence-electron chi connectivity index (χ0n) is 15.8. The number of rotatable bonds is 5.